The molecule has 0 saturated carbocycles. The first-order valence-electron chi connectivity index (χ1n) is 9.55. The minimum Gasteiger partial charge on any atom is -0.494 e. The quantitative estimate of drug-likeness (QED) is 0.899. The van der Waals surface area contributed by atoms with E-state index in [0.717, 1.165) is 30.9 Å². The SMILES string of the molecule is CCOc1ccc(N2C[C@H](NC(=O)N3C[C@H](C)C[C@H](C)C3)CC2=O)cc1. The molecule has 2 fully saturated rings. The van der Waals surface area contributed by atoms with E-state index in [9.17, 15) is 9.59 Å². The average Bonchev–Trinajstić information content (AvgIpc) is 2.95. The van der Waals surface area contributed by atoms with Gasteiger partial charge in [0.25, 0.3) is 0 Å². The van der Waals surface area contributed by atoms with Crippen LogP contribution in [0.3, 0.4) is 0 Å². The number of benzene rings is 1. The summed E-state index contributed by atoms with van der Waals surface area (Å²) in [4.78, 5) is 28.6. The number of hydrogen-bond donors (Lipinski definition) is 1. The van der Waals surface area contributed by atoms with Crippen LogP contribution in [0.1, 0.15) is 33.6 Å². The predicted octanol–water partition coefficient (Wildman–Crippen LogP) is 2.88. The number of rotatable bonds is 4. The van der Waals surface area contributed by atoms with Crippen molar-refractivity contribution >= 4 is 17.6 Å². The van der Waals surface area contributed by atoms with Gasteiger partial charge in [0.2, 0.25) is 5.91 Å². The lowest BCUT2D eigenvalue weighted by atomic mass is 9.92. The van der Waals surface area contributed by atoms with Crippen LogP contribution in [0.15, 0.2) is 24.3 Å². The molecule has 26 heavy (non-hydrogen) atoms. The van der Waals surface area contributed by atoms with Crippen LogP contribution in [-0.2, 0) is 4.79 Å². The van der Waals surface area contributed by atoms with E-state index in [-0.39, 0.29) is 18.0 Å². The fourth-order valence-electron chi connectivity index (χ4n) is 4.04. The molecule has 6 nitrogen and oxygen atoms in total. The van der Waals surface area contributed by atoms with Gasteiger partial charge in [0, 0.05) is 31.7 Å². The molecular weight excluding hydrogens is 330 g/mol. The molecular formula is C20H29N3O3. The Balaban J connectivity index is 1.58. The number of likely N-dealkylation sites (tertiary alicyclic amines) is 1. The summed E-state index contributed by atoms with van der Waals surface area (Å²) in [5, 5.41) is 3.05. The molecule has 2 aliphatic heterocycles. The molecule has 1 aromatic rings. The van der Waals surface area contributed by atoms with Gasteiger partial charge in [-0.3, -0.25) is 4.79 Å². The fourth-order valence-corrected chi connectivity index (χ4v) is 4.04. The zero-order valence-electron chi connectivity index (χ0n) is 15.9. The van der Waals surface area contributed by atoms with Crippen LogP contribution in [0.4, 0.5) is 10.5 Å². The van der Waals surface area contributed by atoms with Gasteiger partial charge in [-0.1, -0.05) is 13.8 Å². The Hall–Kier alpha value is -2.24. The highest BCUT2D eigenvalue weighted by Gasteiger charge is 2.33. The molecule has 2 aliphatic rings. The number of carbonyl (C=O) groups is 2. The zero-order chi connectivity index (χ0) is 18.7. The summed E-state index contributed by atoms with van der Waals surface area (Å²) in [5.74, 6) is 1.88. The first kappa shape index (κ1) is 18.5. The lowest BCUT2D eigenvalue weighted by molar-refractivity contribution is -0.117. The Morgan fingerprint density at radius 1 is 1.15 bits per heavy atom. The van der Waals surface area contributed by atoms with Crippen LogP contribution in [0, 0.1) is 11.8 Å². The Morgan fingerprint density at radius 3 is 2.42 bits per heavy atom. The van der Waals surface area contributed by atoms with Gasteiger partial charge in [0.15, 0.2) is 0 Å². The van der Waals surface area contributed by atoms with E-state index in [0.29, 0.717) is 31.4 Å². The van der Waals surface area contributed by atoms with Gasteiger partial charge in [0.05, 0.1) is 12.6 Å². The maximum atomic E-state index is 12.6. The first-order valence-corrected chi connectivity index (χ1v) is 9.55. The smallest absolute Gasteiger partial charge is 0.317 e. The summed E-state index contributed by atoms with van der Waals surface area (Å²) in [6.07, 6.45) is 1.51. The summed E-state index contributed by atoms with van der Waals surface area (Å²) in [6.45, 7) is 9.01. The van der Waals surface area contributed by atoms with E-state index in [1.807, 2.05) is 36.1 Å². The lowest BCUT2D eigenvalue weighted by Gasteiger charge is -2.35. The minimum atomic E-state index is -0.144. The number of piperidine rings is 1. The van der Waals surface area contributed by atoms with Crippen LogP contribution in [-0.4, -0.2) is 49.1 Å². The van der Waals surface area contributed by atoms with Gasteiger partial charge >= 0.3 is 6.03 Å². The number of urea groups is 1. The Morgan fingerprint density at radius 2 is 1.81 bits per heavy atom. The maximum absolute atomic E-state index is 12.6. The molecule has 2 heterocycles. The lowest BCUT2D eigenvalue weighted by Crippen LogP contribution is -2.50. The molecule has 0 unspecified atom stereocenters. The molecule has 1 N–H and O–H groups in total. The van der Waals surface area contributed by atoms with Crippen molar-refractivity contribution < 1.29 is 14.3 Å². The topological polar surface area (TPSA) is 61.9 Å². The van der Waals surface area contributed by atoms with E-state index < -0.39 is 0 Å². The van der Waals surface area contributed by atoms with Crippen molar-refractivity contribution in [1.29, 1.82) is 0 Å². The van der Waals surface area contributed by atoms with Crippen molar-refractivity contribution in [3.63, 3.8) is 0 Å². The maximum Gasteiger partial charge on any atom is 0.317 e. The summed E-state index contributed by atoms with van der Waals surface area (Å²) in [5.41, 5.74) is 0.843. The summed E-state index contributed by atoms with van der Waals surface area (Å²) in [6, 6.07) is 7.33. The summed E-state index contributed by atoms with van der Waals surface area (Å²) < 4.78 is 5.44. The molecule has 0 aromatic heterocycles. The Kier molecular flexibility index (Phi) is 5.69. The number of carbonyl (C=O) groups excluding carboxylic acids is 2. The van der Waals surface area contributed by atoms with Crippen LogP contribution in [0.2, 0.25) is 0 Å². The number of nitrogens with zero attached hydrogens (tertiary/aromatic N) is 2. The van der Waals surface area contributed by atoms with Crippen LogP contribution in [0.25, 0.3) is 0 Å². The van der Waals surface area contributed by atoms with E-state index in [4.69, 9.17) is 4.74 Å². The van der Waals surface area contributed by atoms with Gasteiger partial charge < -0.3 is 19.9 Å². The van der Waals surface area contributed by atoms with Crippen LogP contribution >= 0.6 is 0 Å². The van der Waals surface area contributed by atoms with Crippen molar-refractivity contribution in [3.05, 3.63) is 24.3 Å². The van der Waals surface area contributed by atoms with Gasteiger partial charge in [0.1, 0.15) is 5.75 Å². The van der Waals surface area contributed by atoms with E-state index in [1.165, 1.54) is 0 Å². The third kappa shape index (κ3) is 4.29. The molecule has 0 aliphatic carbocycles. The number of hydrogen-bond acceptors (Lipinski definition) is 3. The average molecular weight is 359 g/mol. The third-order valence-corrected chi connectivity index (χ3v) is 5.07. The van der Waals surface area contributed by atoms with Crippen molar-refractivity contribution in [2.45, 2.75) is 39.7 Å². The zero-order valence-corrected chi connectivity index (χ0v) is 15.9. The molecule has 3 rings (SSSR count). The van der Waals surface area contributed by atoms with Crippen molar-refractivity contribution in [2.24, 2.45) is 11.8 Å². The van der Waals surface area contributed by atoms with Crippen molar-refractivity contribution in [3.8, 4) is 5.75 Å². The molecule has 3 atom stereocenters. The number of ether oxygens (including phenoxy) is 1. The van der Waals surface area contributed by atoms with Crippen molar-refractivity contribution in [2.75, 3.05) is 31.1 Å². The summed E-state index contributed by atoms with van der Waals surface area (Å²) >= 11 is 0. The summed E-state index contributed by atoms with van der Waals surface area (Å²) in [7, 11) is 0. The highest BCUT2D eigenvalue weighted by molar-refractivity contribution is 5.96. The fraction of sp³-hybridized carbons (Fsp3) is 0.600. The highest BCUT2D eigenvalue weighted by atomic mass is 16.5. The van der Waals surface area contributed by atoms with E-state index in [1.54, 1.807) is 4.90 Å². The Bertz CT molecular complexity index is 636. The largest absolute Gasteiger partial charge is 0.494 e. The predicted molar refractivity (Wildman–Crippen MR) is 101 cm³/mol. The molecule has 3 amide bonds. The minimum absolute atomic E-state index is 0.0415. The number of amides is 3. The van der Waals surface area contributed by atoms with E-state index >= 15 is 0 Å². The standard InChI is InChI=1S/C20H29N3O3/c1-4-26-18-7-5-17(6-8-18)23-13-16(10-19(23)24)21-20(25)22-11-14(2)9-15(3)12-22/h5-8,14-16H,4,9-13H2,1-3H3,(H,21,25)/t14-,15+,16-/m1/s1. The molecule has 6 heteroatoms. The third-order valence-electron chi connectivity index (χ3n) is 5.07. The molecule has 0 radical (unpaired) electrons. The first-order chi connectivity index (χ1) is 12.5. The second kappa shape index (κ2) is 7.98. The molecule has 0 bridgehead atoms. The second-order valence-electron chi connectivity index (χ2n) is 7.63. The molecule has 142 valence electrons. The van der Waals surface area contributed by atoms with Crippen LogP contribution in [0.5, 0.6) is 5.75 Å². The van der Waals surface area contributed by atoms with Crippen LogP contribution < -0.4 is 15.0 Å². The second-order valence-corrected chi connectivity index (χ2v) is 7.63. The van der Waals surface area contributed by atoms with Gasteiger partial charge in [-0.05, 0) is 49.4 Å². The number of nitrogens with one attached hydrogen (secondary N) is 1. The molecule has 2 saturated heterocycles. The highest BCUT2D eigenvalue weighted by Crippen LogP contribution is 2.25. The van der Waals surface area contributed by atoms with Gasteiger partial charge in [-0.25, -0.2) is 4.79 Å². The number of anilines is 1. The molecule has 0 spiro atoms. The normalized spacial score (nSPS) is 26.1. The van der Waals surface area contributed by atoms with Gasteiger partial charge in [-0.2, -0.15) is 0 Å². The van der Waals surface area contributed by atoms with E-state index in [2.05, 4.69) is 19.2 Å². The monoisotopic (exact) mass is 359 g/mol. The Labute approximate surface area is 155 Å². The molecule has 1 aromatic carbocycles. The van der Waals surface area contributed by atoms with Gasteiger partial charge in [-0.15, -0.1) is 0 Å². The van der Waals surface area contributed by atoms with Crippen molar-refractivity contribution in [1.82, 2.24) is 10.2 Å².